The summed E-state index contributed by atoms with van der Waals surface area (Å²) in [6.07, 6.45) is 0.511. The molecule has 2 rings (SSSR count). The van der Waals surface area contributed by atoms with Crippen LogP contribution in [0.2, 0.25) is 0 Å². The Bertz CT molecular complexity index is 568. The van der Waals surface area contributed by atoms with Crippen LogP contribution >= 0.6 is 11.8 Å². The molecule has 2 atom stereocenters. The van der Waals surface area contributed by atoms with Crippen molar-refractivity contribution in [3.63, 3.8) is 0 Å². The van der Waals surface area contributed by atoms with Gasteiger partial charge in [-0.2, -0.15) is 0 Å². The van der Waals surface area contributed by atoms with Crippen molar-refractivity contribution >= 4 is 22.9 Å². The predicted molar refractivity (Wildman–Crippen MR) is 79.6 cm³/mol. The Hall–Kier alpha value is -2.29. The van der Waals surface area contributed by atoms with Crippen molar-refractivity contribution in [1.29, 1.82) is 0 Å². The second-order valence-corrected chi connectivity index (χ2v) is 5.90. The Morgan fingerprint density at radius 1 is 1.41 bits per heavy atom. The Labute approximate surface area is 130 Å². The number of rotatable bonds is 7. The summed E-state index contributed by atoms with van der Waals surface area (Å²) in [5.74, 6) is -0.625. The number of carbonyl (C=O) groups is 2. The number of thioether (sulfide) groups is 1. The van der Waals surface area contributed by atoms with Crippen LogP contribution in [-0.2, 0) is 16.1 Å². The zero-order chi connectivity index (χ0) is 16.1. The molecule has 1 heterocycles. The quantitative estimate of drug-likeness (QED) is 0.586. The van der Waals surface area contributed by atoms with E-state index in [1.54, 1.807) is 0 Å². The fourth-order valence-electron chi connectivity index (χ4n) is 2.36. The van der Waals surface area contributed by atoms with Crippen LogP contribution < -0.4 is 5.73 Å². The van der Waals surface area contributed by atoms with E-state index in [1.807, 2.05) is 30.3 Å². The van der Waals surface area contributed by atoms with Crippen molar-refractivity contribution < 1.29 is 19.5 Å². The first-order valence-electron chi connectivity index (χ1n) is 6.57. The van der Waals surface area contributed by atoms with Crippen LogP contribution in [0.25, 0.3) is 0 Å². The van der Waals surface area contributed by atoms with E-state index in [4.69, 9.17) is 5.73 Å². The fraction of sp³-hybridized carbons (Fsp3) is 0.385. The highest BCUT2D eigenvalue weighted by Gasteiger charge is 2.43. The third-order valence-corrected chi connectivity index (χ3v) is 4.44. The largest absolute Gasteiger partial charge is 0.368 e. The van der Waals surface area contributed by atoms with Crippen LogP contribution in [0.5, 0.6) is 0 Å². The zero-order valence-corrected chi connectivity index (χ0v) is 12.4. The van der Waals surface area contributed by atoms with Crippen molar-refractivity contribution in [3.8, 4) is 0 Å². The highest BCUT2D eigenvalue weighted by atomic mass is 32.2. The first-order chi connectivity index (χ1) is 10.5. The summed E-state index contributed by atoms with van der Waals surface area (Å²) in [4.78, 5) is 39.3. The molecular formula is C13H15N3O5S. The minimum Gasteiger partial charge on any atom is -0.368 e. The van der Waals surface area contributed by atoms with Crippen LogP contribution in [0.3, 0.4) is 0 Å². The SMILES string of the molecule is NC(=O)C1C(Cc2ccccc2)SC(=O)N1CCO[N+](=O)[O-]. The van der Waals surface area contributed by atoms with Gasteiger partial charge in [0, 0.05) is 11.8 Å². The normalized spacial score (nSPS) is 20.9. The van der Waals surface area contributed by atoms with Crippen LogP contribution in [-0.4, -0.2) is 45.6 Å². The molecule has 8 nitrogen and oxygen atoms in total. The van der Waals surface area contributed by atoms with Gasteiger partial charge in [-0.05, 0) is 12.0 Å². The summed E-state index contributed by atoms with van der Waals surface area (Å²) in [7, 11) is 0. The molecule has 0 saturated carbocycles. The molecular weight excluding hydrogens is 310 g/mol. The van der Waals surface area contributed by atoms with E-state index in [0.717, 1.165) is 17.3 Å². The number of benzene rings is 1. The maximum Gasteiger partial charge on any atom is 0.294 e. The summed E-state index contributed by atoms with van der Waals surface area (Å²) >= 11 is 1.02. The monoisotopic (exact) mass is 325 g/mol. The van der Waals surface area contributed by atoms with Gasteiger partial charge in [0.15, 0.2) is 0 Å². The molecule has 0 aliphatic carbocycles. The molecule has 1 aromatic carbocycles. The lowest BCUT2D eigenvalue weighted by molar-refractivity contribution is -0.757. The lowest BCUT2D eigenvalue weighted by Gasteiger charge is -2.24. The number of carbonyl (C=O) groups excluding carboxylic acids is 2. The zero-order valence-electron chi connectivity index (χ0n) is 11.6. The second-order valence-electron chi connectivity index (χ2n) is 4.71. The third kappa shape index (κ3) is 3.88. The average Bonchev–Trinajstić information content (AvgIpc) is 2.76. The average molecular weight is 325 g/mol. The van der Waals surface area contributed by atoms with E-state index < -0.39 is 17.0 Å². The number of hydrogen-bond acceptors (Lipinski definition) is 6. The molecule has 0 aromatic heterocycles. The molecule has 2 N–H and O–H groups in total. The molecule has 2 amide bonds. The van der Waals surface area contributed by atoms with E-state index in [-0.39, 0.29) is 23.6 Å². The molecule has 1 saturated heterocycles. The number of hydrogen-bond donors (Lipinski definition) is 1. The van der Waals surface area contributed by atoms with E-state index in [1.165, 1.54) is 4.90 Å². The molecule has 118 valence electrons. The van der Waals surface area contributed by atoms with Gasteiger partial charge in [0.1, 0.15) is 12.6 Å². The van der Waals surface area contributed by atoms with Gasteiger partial charge in [-0.3, -0.25) is 9.59 Å². The van der Waals surface area contributed by atoms with Crippen molar-refractivity contribution in [1.82, 2.24) is 4.90 Å². The molecule has 0 bridgehead atoms. The summed E-state index contributed by atoms with van der Waals surface area (Å²) in [6.45, 7) is -0.340. The summed E-state index contributed by atoms with van der Waals surface area (Å²) in [5.41, 5.74) is 6.39. The molecule has 0 spiro atoms. The van der Waals surface area contributed by atoms with Gasteiger partial charge in [0.2, 0.25) is 5.91 Å². The lowest BCUT2D eigenvalue weighted by atomic mass is 10.0. The van der Waals surface area contributed by atoms with Gasteiger partial charge in [0.25, 0.3) is 10.3 Å². The number of amides is 2. The van der Waals surface area contributed by atoms with E-state index >= 15 is 0 Å². The van der Waals surface area contributed by atoms with E-state index in [0.29, 0.717) is 6.42 Å². The number of nitrogens with two attached hydrogens (primary N) is 1. The summed E-state index contributed by atoms with van der Waals surface area (Å²) < 4.78 is 0. The Morgan fingerprint density at radius 3 is 2.68 bits per heavy atom. The van der Waals surface area contributed by atoms with Crippen LogP contribution in [0.15, 0.2) is 30.3 Å². The second kappa shape index (κ2) is 7.12. The van der Waals surface area contributed by atoms with Gasteiger partial charge in [0.05, 0.1) is 0 Å². The van der Waals surface area contributed by atoms with Crippen molar-refractivity contribution in [2.75, 3.05) is 13.2 Å². The topological polar surface area (TPSA) is 116 Å². The van der Waals surface area contributed by atoms with Gasteiger partial charge in [-0.1, -0.05) is 42.1 Å². The minimum absolute atomic E-state index is 0.0499. The van der Waals surface area contributed by atoms with Crippen molar-refractivity contribution in [2.24, 2.45) is 5.73 Å². The van der Waals surface area contributed by atoms with Gasteiger partial charge < -0.3 is 15.5 Å². The van der Waals surface area contributed by atoms with Crippen LogP contribution in [0, 0.1) is 10.1 Å². The standard InChI is InChI=1S/C13H15N3O5S/c14-12(17)11-10(8-9-4-2-1-3-5-9)22-13(18)15(11)6-7-21-16(19)20/h1-5,10-11H,6-8H2,(H2,14,17). The van der Waals surface area contributed by atoms with Gasteiger partial charge in [-0.25, -0.2) is 0 Å². The first kappa shape index (κ1) is 16.1. The van der Waals surface area contributed by atoms with E-state index in [9.17, 15) is 19.7 Å². The summed E-state index contributed by atoms with van der Waals surface area (Å²) in [6, 6.07) is 8.64. The highest BCUT2D eigenvalue weighted by molar-refractivity contribution is 8.14. The molecule has 2 unspecified atom stereocenters. The molecule has 1 aromatic rings. The third-order valence-electron chi connectivity index (χ3n) is 3.27. The van der Waals surface area contributed by atoms with E-state index in [2.05, 4.69) is 4.84 Å². The molecule has 22 heavy (non-hydrogen) atoms. The Morgan fingerprint density at radius 2 is 2.09 bits per heavy atom. The fourth-order valence-corrected chi connectivity index (χ4v) is 3.64. The Kier molecular flexibility index (Phi) is 5.21. The number of primary amides is 1. The smallest absolute Gasteiger partial charge is 0.294 e. The number of nitrogens with zero attached hydrogens (tertiary/aromatic N) is 2. The van der Waals surface area contributed by atoms with Crippen LogP contribution in [0.1, 0.15) is 5.56 Å². The molecule has 1 fully saturated rings. The molecule has 9 heteroatoms. The molecule has 1 aliphatic rings. The summed E-state index contributed by atoms with van der Waals surface area (Å²) in [5, 5.41) is 8.58. The van der Waals surface area contributed by atoms with Crippen LogP contribution in [0.4, 0.5) is 4.79 Å². The maximum absolute atomic E-state index is 12.0. The van der Waals surface area contributed by atoms with Crippen molar-refractivity contribution in [2.45, 2.75) is 17.7 Å². The first-order valence-corrected chi connectivity index (χ1v) is 7.45. The minimum atomic E-state index is -0.936. The predicted octanol–water partition coefficient (Wildman–Crippen LogP) is 0.829. The van der Waals surface area contributed by atoms with Gasteiger partial charge in [-0.15, -0.1) is 10.1 Å². The molecule has 1 aliphatic heterocycles. The van der Waals surface area contributed by atoms with Gasteiger partial charge >= 0.3 is 0 Å². The lowest BCUT2D eigenvalue weighted by Crippen LogP contribution is -2.48. The highest BCUT2D eigenvalue weighted by Crippen LogP contribution is 2.33. The molecule has 0 radical (unpaired) electrons. The van der Waals surface area contributed by atoms with Crippen molar-refractivity contribution in [3.05, 3.63) is 46.0 Å². The maximum atomic E-state index is 12.0. The Balaban J connectivity index is 2.06.